The minimum absolute atomic E-state index is 0.0133. The van der Waals surface area contributed by atoms with Crippen LogP contribution in [0.2, 0.25) is 0 Å². The van der Waals surface area contributed by atoms with E-state index in [-0.39, 0.29) is 12.3 Å². The minimum Gasteiger partial charge on any atom is -0.468 e. The Bertz CT molecular complexity index is 454. The van der Waals surface area contributed by atoms with Gasteiger partial charge in [0.2, 0.25) is 0 Å². The van der Waals surface area contributed by atoms with Crippen molar-refractivity contribution in [1.82, 2.24) is 5.32 Å². The largest absolute Gasteiger partial charge is 0.468 e. The molecule has 0 aliphatic carbocycles. The standard InChI is InChI=1S/C13H13F2NO3/c1-3-8-16-11(12(17)18-2)9-4-6-10(7-5-9)19-13(14)15/h1,4-7,11,13,16H,8H2,2H3. The maximum absolute atomic E-state index is 12.0. The quantitative estimate of drug-likeness (QED) is 0.631. The maximum Gasteiger partial charge on any atom is 0.387 e. The fourth-order valence-corrected chi connectivity index (χ4v) is 1.46. The van der Waals surface area contributed by atoms with E-state index in [1.807, 2.05) is 0 Å². The number of esters is 1. The van der Waals surface area contributed by atoms with Crippen molar-refractivity contribution in [2.75, 3.05) is 13.7 Å². The van der Waals surface area contributed by atoms with Crippen LogP contribution in [-0.4, -0.2) is 26.2 Å². The SMILES string of the molecule is C#CCNC(C(=O)OC)c1ccc(OC(F)F)cc1. The van der Waals surface area contributed by atoms with Crippen molar-refractivity contribution in [2.24, 2.45) is 0 Å². The molecule has 6 heteroatoms. The molecule has 1 unspecified atom stereocenters. The zero-order chi connectivity index (χ0) is 14.3. The van der Waals surface area contributed by atoms with E-state index in [0.29, 0.717) is 5.56 Å². The van der Waals surface area contributed by atoms with Gasteiger partial charge in [-0.3, -0.25) is 5.32 Å². The van der Waals surface area contributed by atoms with Crippen molar-refractivity contribution < 1.29 is 23.0 Å². The van der Waals surface area contributed by atoms with E-state index >= 15 is 0 Å². The van der Waals surface area contributed by atoms with Crippen molar-refractivity contribution in [3.8, 4) is 18.1 Å². The lowest BCUT2D eigenvalue weighted by atomic mass is 10.1. The van der Waals surface area contributed by atoms with Crippen LogP contribution in [0.25, 0.3) is 0 Å². The molecule has 1 rings (SSSR count). The second kappa shape index (κ2) is 7.34. The molecule has 0 bridgehead atoms. The maximum atomic E-state index is 12.0. The van der Waals surface area contributed by atoms with E-state index in [0.717, 1.165) is 0 Å². The molecule has 0 saturated carbocycles. The first kappa shape index (κ1) is 14.9. The van der Waals surface area contributed by atoms with Gasteiger partial charge in [-0.05, 0) is 17.7 Å². The Morgan fingerprint density at radius 2 is 2.05 bits per heavy atom. The van der Waals surface area contributed by atoms with Crippen LogP contribution < -0.4 is 10.1 Å². The molecule has 0 radical (unpaired) electrons. The number of ether oxygens (including phenoxy) is 2. The van der Waals surface area contributed by atoms with Gasteiger partial charge in [-0.2, -0.15) is 8.78 Å². The van der Waals surface area contributed by atoms with E-state index in [4.69, 9.17) is 6.42 Å². The van der Waals surface area contributed by atoms with Crippen molar-refractivity contribution in [3.63, 3.8) is 0 Å². The number of hydrogen-bond donors (Lipinski definition) is 1. The van der Waals surface area contributed by atoms with Crippen molar-refractivity contribution >= 4 is 5.97 Å². The van der Waals surface area contributed by atoms with Gasteiger partial charge in [-0.1, -0.05) is 18.1 Å². The topological polar surface area (TPSA) is 47.6 Å². The molecule has 0 amide bonds. The number of nitrogens with one attached hydrogen (secondary N) is 1. The number of carbonyl (C=O) groups is 1. The van der Waals surface area contributed by atoms with E-state index in [1.54, 1.807) is 0 Å². The van der Waals surface area contributed by atoms with Gasteiger partial charge in [0.05, 0.1) is 13.7 Å². The normalized spacial score (nSPS) is 11.7. The minimum atomic E-state index is -2.89. The molecule has 1 aromatic carbocycles. The molecule has 0 spiro atoms. The first-order valence-electron chi connectivity index (χ1n) is 5.38. The summed E-state index contributed by atoms with van der Waals surface area (Å²) in [5.41, 5.74) is 0.545. The fraction of sp³-hybridized carbons (Fsp3) is 0.308. The predicted molar refractivity (Wildman–Crippen MR) is 64.7 cm³/mol. The highest BCUT2D eigenvalue weighted by Gasteiger charge is 2.20. The lowest BCUT2D eigenvalue weighted by Gasteiger charge is -2.15. The molecule has 0 heterocycles. The second-order valence-corrected chi connectivity index (χ2v) is 3.49. The molecular weight excluding hydrogens is 256 g/mol. The molecule has 0 fully saturated rings. The Kier molecular flexibility index (Phi) is 5.76. The van der Waals surface area contributed by atoms with Crippen LogP contribution in [0.15, 0.2) is 24.3 Å². The Hall–Kier alpha value is -2.13. The Morgan fingerprint density at radius 1 is 1.42 bits per heavy atom. The summed E-state index contributed by atoms with van der Waals surface area (Å²) in [6.07, 6.45) is 5.11. The van der Waals surface area contributed by atoms with Gasteiger partial charge in [0.25, 0.3) is 0 Å². The summed E-state index contributed by atoms with van der Waals surface area (Å²) in [6.45, 7) is -2.71. The molecule has 4 nitrogen and oxygen atoms in total. The highest BCUT2D eigenvalue weighted by Crippen LogP contribution is 2.20. The van der Waals surface area contributed by atoms with Gasteiger partial charge in [0.15, 0.2) is 0 Å². The van der Waals surface area contributed by atoms with Gasteiger partial charge < -0.3 is 9.47 Å². The molecule has 102 valence electrons. The third-order valence-corrected chi connectivity index (χ3v) is 2.28. The molecule has 1 N–H and O–H groups in total. The van der Waals surface area contributed by atoms with Crippen LogP contribution in [0, 0.1) is 12.3 Å². The molecule has 1 atom stereocenters. The average Bonchev–Trinajstić information content (AvgIpc) is 2.40. The average molecular weight is 269 g/mol. The van der Waals surface area contributed by atoms with Gasteiger partial charge >= 0.3 is 12.6 Å². The van der Waals surface area contributed by atoms with Gasteiger partial charge in [-0.25, -0.2) is 4.79 Å². The van der Waals surface area contributed by atoms with Crippen LogP contribution in [0.5, 0.6) is 5.75 Å². The number of halogens is 2. The number of alkyl halides is 2. The molecule has 0 saturated heterocycles. The summed E-state index contributed by atoms with van der Waals surface area (Å²) in [4.78, 5) is 11.6. The number of terminal acetylenes is 1. The van der Waals surface area contributed by atoms with Gasteiger partial charge in [0.1, 0.15) is 11.8 Å². The smallest absolute Gasteiger partial charge is 0.387 e. The van der Waals surface area contributed by atoms with Gasteiger partial charge in [0, 0.05) is 0 Å². The van der Waals surface area contributed by atoms with E-state index < -0.39 is 18.6 Å². The van der Waals surface area contributed by atoms with E-state index in [9.17, 15) is 13.6 Å². The number of hydrogen-bond acceptors (Lipinski definition) is 4. The number of rotatable bonds is 6. The Balaban J connectivity index is 2.84. The van der Waals surface area contributed by atoms with E-state index in [2.05, 4.69) is 20.7 Å². The van der Waals surface area contributed by atoms with Crippen molar-refractivity contribution in [1.29, 1.82) is 0 Å². The molecule has 0 aliphatic rings. The lowest BCUT2D eigenvalue weighted by molar-refractivity contribution is -0.143. The van der Waals surface area contributed by atoms with Crippen LogP contribution in [-0.2, 0) is 9.53 Å². The van der Waals surface area contributed by atoms with Crippen LogP contribution in [0.1, 0.15) is 11.6 Å². The number of benzene rings is 1. The highest BCUT2D eigenvalue weighted by molar-refractivity contribution is 5.77. The zero-order valence-electron chi connectivity index (χ0n) is 10.2. The second-order valence-electron chi connectivity index (χ2n) is 3.49. The van der Waals surface area contributed by atoms with Crippen LogP contribution >= 0.6 is 0 Å². The first-order chi connectivity index (χ1) is 9.08. The van der Waals surface area contributed by atoms with Crippen LogP contribution in [0.3, 0.4) is 0 Å². The molecule has 19 heavy (non-hydrogen) atoms. The molecular formula is C13H13F2NO3. The third kappa shape index (κ3) is 4.56. The monoisotopic (exact) mass is 269 g/mol. The van der Waals surface area contributed by atoms with Crippen molar-refractivity contribution in [2.45, 2.75) is 12.7 Å². The molecule has 1 aromatic rings. The molecule has 0 aromatic heterocycles. The Morgan fingerprint density at radius 3 is 2.53 bits per heavy atom. The summed E-state index contributed by atoms with van der Waals surface area (Å²) in [5.74, 6) is 1.84. The molecule has 0 aliphatic heterocycles. The summed E-state index contributed by atoms with van der Waals surface area (Å²) in [5, 5.41) is 2.80. The number of methoxy groups -OCH3 is 1. The third-order valence-electron chi connectivity index (χ3n) is 2.28. The zero-order valence-corrected chi connectivity index (χ0v) is 10.2. The summed E-state index contributed by atoms with van der Waals surface area (Å²) >= 11 is 0. The Labute approximate surface area is 109 Å². The van der Waals surface area contributed by atoms with Crippen LogP contribution in [0.4, 0.5) is 8.78 Å². The first-order valence-corrected chi connectivity index (χ1v) is 5.38. The number of carbonyl (C=O) groups excluding carboxylic acids is 1. The van der Waals surface area contributed by atoms with Crippen molar-refractivity contribution in [3.05, 3.63) is 29.8 Å². The summed E-state index contributed by atoms with van der Waals surface area (Å²) in [7, 11) is 1.25. The highest BCUT2D eigenvalue weighted by atomic mass is 19.3. The van der Waals surface area contributed by atoms with Gasteiger partial charge in [-0.15, -0.1) is 6.42 Å². The summed E-state index contributed by atoms with van der Waals surface area (Å²) in [6, 6.07) is 4.91. The lowest BCUT2D eigenvalue weighted by Crippen LogP contribution is -2.29. The van der Waals surface area contributed by atoms with E-state index in [1.165, 1.54) is 31.4 Å². The summed E-state index contributed by atoms with van der Waals surface area (Å²) < 4.78 is 32.8. The fourth-order valence-electron chi connectivity index (χ4n) is 1.46. The predicted octanol–water partition coefficient (Wildman–Crippen LogP) is 1.72.